The van der Waals surface area contributed by atoms with Gasteiger partial charge in [-0.25, -0.2) is 9.59 Å². The number of nitrogens with one attached hydrogen (secondary N) is 3. The smallest absolute Gasteiger partial charge is 0.407 e. The van der Waals surface area contributed by atoms with Crippen molar-refractivity contribution >= 4 is 28.7 Å². The van der Waals surface area contributed by atoms with Crippen molar-refractivity contribution in [2.24, 2.45) is 0 Å². The van der Waals surface area contributed by atoms with E-state index >= 15 is 0 Å². The molecule has 0 fully saturated rings. The summed E-state index contributed by atoms with van der Waals surface area (Å²) < 4.78 is 5.37. The van der Waals surface area contributed by atoms with Gasteiger partial charge in [0.1, 0.15) is 5.60 Å². The molecule has 3 rings (SSSR count). The van der Waals surface area contributed by atoms with Gasteiger partial charge < -0.3 is 25.3 Å². The Balaban J connectivity index is 1.98. The van der Waals surface area contributed by atoms with Gasteiger partial charge >= 0.3 is 12.1 Å². The summed E-state index contributed by atoms with van der Waals surface area (Å²) in [4.78, 5) is 29.3. The van der Waals surface area contributed by atoms with Crippen LogP contribution in [0.5, 0.6) is 0 Å². The summed E-state index contributed by atoms with van der Waals surface area (Å²) in [5.74, 6) is 0. The third kappa shape index (κ3) is 6.28. The molecule has 0 saturated heterocycles. The van der Waals surface area contributed by atoms with Crippen LogP contribution in [0.25, 0.3) is 22.2 Å². The largest absolute Gasteiger partial charge is 0.444 e. The summed E-state index contributed by atoms with van der Waals surface area (Å²) in [7, 11) is 3.41. The first kappa shape index (κ1) is 24.2. The molecule has 0 aliphatic rings. The number of benzene rings is 2. The van der Waals surface area contributed by atoms with Crippen LogP contribution in [-0.4, -0.2) is 48.2 Å². The number of urea groups is 1. The van der Waals surface area contributed by atoms with E-state index in [4.69, 9.17) is 4.74 Å². The molecule has 0 atom stereocenters. The lowest BCUT2D eigenvalue weighted by Gasteiger charge is -2.19. The third-order valence-corrected chi connectivity index (χ3v) is 5.12. The van der Waals surface area contributed by atoms with E-state index in [1.807, 2.05) is 39.0 Å². The highest BCUT2D eigenvalue weighted by Crippen LogP contribution is 2.33. The molecule has 0 spiro atoms. The number of amides is 3. The number of hydrogen-bond acceptors (Lipinski definition) is 3. The highest BCUT2D eigenvalue weighted by Gasteiger charge is 2.18. The Bertz CT molecular complexity index is 1150. The van der Waals surface area contributed by atoms with E-state index in [1.165, 1.54) is 16.0 Å². The van der Waals surface area contributed by atoms with E-state index in [9.17, 15) is 9.59 Å². The highest BCUT2D eigenvalue weighted by molar-refractivity contribution is 5.96. The number of hydrogen-bond donors (Lipinski definition) is 3. The molecule has 0 aliphatic heterocycles. The van der Waals surface area contributed by atoms with Crippen molar-refractivity contribution in [1.29, 1.82) is 0 Å². The molecule has 0 saturated carbocycles. The van der Waals surface area contributed by atoms with Gasteiger partial charge in [0, 0.05) is 42.9 Å². The van der Waals surface area contributed by atoms with Gasteiger partial charge in [0.15, 0.2) is 0 Å². The van der Waals surface area contributed by atoms with E-state index in [0.717, 1.165) is 27.7 Å². The van der Waals surface area contributed by atoms with Gasteiger partial charge in [-0.15, -0.1) is 0 Å². The first-order valence-electron chi connectivity index (χ1n) is 11.1. The van der Waals surface area contributed by atoms with Crippen LogP contribution in [0, 0.1) is 13.8 Å². The number of carbonyl (C=O) groups excluding carboxylic acids is 2. The number of anilines is 1. The number of aryl methyl sites for hydroxylation is 2. The number of fused-ring (bicyclic) bond motifs is 1. The van der Waals surface area contributed by atoms with E-state index in [0.29, 0.717) is 18.7 Å². The number of aromatic amines is 1. The van der Waals surface area contributed by atoms with Crippen LogP contribution in [0.4, 0.5) is 15.3 Å². The van der Waals surface area contributed by atoms with Gasteiger partial charge in [-0.05, 0) is 82.5 Å². The lowest BCUT2D eigenvalue weighted by molar-refractivity contribution is 0.0528. The van der Waals surface area contributed by atoms with Crippen molar-refractivity contribution in [3.05, 3.63) is 53.1 Å². The average molecular weight is 451 g/mol. The van der Waals surface area contributed by atoms with Gasteiger partial charge in [-0.3, -0.25) is 0 Å². The second-order valence-electron chi connectivity index (χ2n) is 9.62. The minimum absolute atomic E-state index is 0.187. The number of carbonyl (C=O) groups is 2. The first-order chi connectivity index (χ1) is 15.4. The second-order valence-corrected chi connectivity index (χ2v) is 9.62. The number of aromatic nitrogens is 1. The number of rotatable bonds is 5. The van der Waals surface area contributed by atoms with Gasteiger partial charge in [0.05, 0.1) is 0 Å². The summed E-state index contributed by atoms with van der Waals surface area (Å²) in [5.41, 5.74) is 6.68. The fourth-order valence-corrected chi connectivity index (χ4v) is 3.79. The molecule has 0 unspecified atom stereocenters. The van der Waals surface area contributed by atoms with Crippen LogP contribution in [0.2, 0.25) is 0 Å². The predicted octanol–water partition coefficient (Wildman–Crippen LogP) is 5.61. The Morgan fingerprint density at radius 1 is 1.03 bits per heavy atom. The summed E-state index contributed by atoms with van der Waals surface area (Å²) in [6, 6.07) is 12.1. The molecule has 3 amide bonds. The zero-order chi connectivity index (χ0) is 24.3. The molecule has 33 heavy (non-hydrogen) atoms. The van der Waals surface area contributed by atoms with Crippen LogP contribution in [-0.2, 0) is 11.2 Å². The van der Waals surface area contributed by atoms with Crippen LogP contribution >= 0.6 is 0 Å². The Hall–Kier alpha value is -3.48. The molecule has 1 aromatic heterocycles. The zero-order valence-electron chi connectivity index (χ0n) is 20.6. The van der Waals surface area contributed by atoms with Crippen LogP contribution in [0.1, 0.15) is 37.5 Å². The van der Waals surface area contributed by atoms with E-state index in [-0.39, 0.29) is 6.03 Å². The highest BCUT2D eigenvalue weighted by atomic mass is 16.6. The van der Waals surface area contributed by atoms with Crippen LogP contribution < -0.4 is 10.6 Å². The average Bonchev–Trinajstić information content (AvgIpc) is 3.04. The first-order valence-corrected chi connectivity index (χ1v) is 11.1. The van der Waals surface area contributed by atoms with E-state index in [1.54, 1.807) is 14.1 Å². The SMILES string of the molecule is Cc1cc(C)cc(-c2[nH]c3ccc(NC(=O)N(C)C)cc3c2CCNC(=O)OC(C)(C)C)c1. The Morgan fingerprint density at radius 2 is 1.70 bits per heavy atom. The summed E-state index contributed by atoms with van der Waals surface area (Å²) >= 11 is 0. The number of H-pyrrole nitrogens is 1. The van der Waals surface area contributed by atoms with Gasteiger partial charge in [-0.2, -0.15) is 0 Å². The second kappa shape index (κ2) is 9.57. The Kier molecular flexibility index (Phi) is 7.01. The number of alkyl carbamates (subject to hydrolysis) is 1. The number of nitrogens with zero attached hydrogens (tertiary/aromatic N) is 1. The maximum absolute atomic E-state index is 12.1. The molecule has 2 aromatic carbocycles. The van der Waals surface area contributed by atoms with Gasteiger partial charge in [-0.1, -0.05) is 17.2 Å². The molecule has 7 heteroatoms. The van der Waals surface area contributed by atoms with Crippen molar-refractivity contribution in [3.8, 4) is 11.3 Å². The van der Waals surface area contributed by atoms with E-state index < -0.39 is 11.7 Å². The molecule has 3 N–H and O–H groups in total. The lowest BCUT2D eigenvalue weighted by atomic mass is 9.99. The van der Waals surface area contributed by atoms with Gasteiger partial charge in [0.2, 0.25) is 0 Å². The minimum atomic E-state index is -0.547. The van der Waals surface area contributed by atoms with Crippen LogP contribution in [0.15, 0.2) is 36.4 Å². The maximum Gasteiger partial charge on any atom is 0.407 e. The molecule has 3 aromatic rings. The van der Waals surface area contributed by atoms with Crippen molar-refractivity contribution in [2.45, 2.75) is 46.6 Å². The van der Waals surface area contributed by atoms with Gasteiger partial charge in [0.25, 0.3) is 0 Å². The van der Waals surface area contributed by atoms with Crippen molar-refractivity contribution in [3.63, 3.8) is 0 Å². The van der Waals surface area contributed by atoms with Crippen molar-refractivity contribution in [1.82, 2.24) is 15.2 Å². The minimum Gasteiger partial charge on any atom is -0.444 e. The fraction of sp³-hybridized carbons (Fsp3) is 0.385. The summed E-state index contributed by atoms with van der Waals surface area (Å²) in [5, 5.41) is 6.77. The van der Waals surface area contributed by atoms with Crippen molar-refractivity contribution < 1.29 is 14.3 Å². The zero-order valence-corrected chi connectivity index (χ0v) is 20.6. The number of ether oxygens (including phenoxy) is 1. The third-order valence-electron chi connectivity index (χ3n) is 5.12. The molecular weight excluding hydrogens is 416 g/mol. The summed E-state index contributed by atoms with van der Waals surface area (Å²) in [6.07, 6.45) is 0.168. The standard InChI is InChI=1S/C26H34N4O3/c1-16-12-17(2)14-18(13-16)23-20(10-11-27-25(32)33-26(3,4)5)21-15-19(8-9-22(21)29-23)28-24(31)30(6)7/h8-9,12-15,29H,10-11H2,1-7H3,(H,27,32)(H,28,31). The molecular formula is C26H34N4O3. The Morgan fingerprint density at radius 3 is 2.30 bits per heavy atom. The quantitative estimate of drug-likeness (QED) is 0.472. The molecule has 0 radical (unpaired) electrons. The topological polar surface area (TPSA) is 86.5 Å². The fourth-order valence-electron chi connectivity index (χ4n) is 3.79. The lowest BCUT2D eigenvalue weighted by Crippen LogP contribution is -2.33. The molecule has 1 heterocycles. The maximum atomic E-state index is 12.1. The van der Waals surface area contributed by atoms with Crippen molar-refractivity contribution in [2.75, 3.05) is 26.0 Å². The molecule has 7 nitrogen and oxygen atoms in total. The molecule has 0 bridgehead atoms. The predicted molar refractivity (Wildman–Crippen MR) is 134 cm³/mol. The van der Waals surface area contributed by atoms with Crippen LogP contribution in [0.3, 0.4) is 0 Å². The molecule has 176 valence electrons. The Labute approximate surface area is 195 Å². The molecule has 0 aliphatic carbocycles. The normalized spacial score (nSPS) is 11.4. The summed E-state index contributed by atoms with van der Waals surface area (Å²) in [6.45, 7) is 10.1. The monoisotopic (exact) mass is 450 g/mol. The van der Waals surface area contributed by atoms with E-state index in [2.05, 4.69) is 47.7 Å².